The van der Waals surface area contributed by atoms with Gasteiger partial charge in [0, 0.05) is 35.7 Å². The van der Waals surface area contributed by atoms with E-state index < -0.39 is 5.97 Å². The Morgan fingerprint density at radius 1 is 1.09 bits per heavy atom. The second kappa shape index (κ2) is 9.81. The number of carbonyl (C=O) groups is 1. The number of aliphatic carboxylic acids is 1. The third-order valence-corrected chi connectivity index (χ3v) is 7.53. The Bertz CT molecular complexity index is 1100. The van der Waals surface area contributed by atoms with E-state index in [9.17, 15) is 4.79 Å². The number of fused-ring (bicyclic) bond motifs is 1. The van der Waals surface area contributed by atoms with Crippen molar-refractivity contribution < 1.29 is 14.6 Å². The molecular weight excluding hydrogens is 484 g/mol. The smallest absolute Gasteiger partial charge is 0.303 e. The molecule has 2 N–H and O–H groups in total. The van der Waals surface area contributed by atoms with Gasteiger partial charge in [0.05, 0.1) is 17.7 Å². The summed E-state index contributed by atoms with van der Waals surface area (Å²) >= 11 is 3.56. The Kier molecular flexibility index (Phi) is 6.64. The molecule has 0 unspecified atom stereocenters. The monoisotopic (exact) mass is 512 g/mol. The first-order valence-corrected chi connectivity index (χ1v) is 12.6. The fourth-order valence-electron chi connectivity index (χ4n) is 5.06. The van der Waals surface area contributed by atoms with Crippen molar-refractivity contribution >= 4 is 38.8 Å². The average Bonchev–Trinajstić information content (AvgIpc) is 3.27. The van der Waals surface area contributed by atoms with E-state index in [0.29, 0.717) is 12.3 Å². The number of nitrogens with zero attached hydrogens (tertiary/aromatic N) is 3. The van der Waals surface area contributed by atoms with Gasteiger partial charge in [0.1, 0.15) is 17.2 Å². The molecule has 1 aliphatic heterocycles. The molecular formula is C25H29BrN4O3. The highest BCUT2D eigenvalue weighted by Crippen LogP contribution is 2.31. The lowest BCUT2D eigenvalue weighted by molar-refractivity contribution is -0.138. The maximum atomic E-state index is 10.9. The predicted molar refractivity (Wildman–Crippen MR) is 131 cm³/mol. The topological polar surface area (TPSA) is 91.3 Å². The largest absolute Gasteiger partial charge is 0.481 e. The number of para-hydroxylation sites is 1. The first kappa shape index (κ1) is 22.3. The lowest BCUT2D eigenvalue weighted by Crippen LogP contribution is -2.39. The number of piperidine rings is 1. The summed E-state index contributed by atoms with van der Waals surface area (Å²) in [6, 6.07) is 10.2. The van der Waals surface area contributed by atoms with Gasteiger partial charge in [-0.15, -0.1) is 0 Å². The van der Waals surface area contributed by atoms with Gasteiger partial charge >= 0.3 is 5.97 Å². The van der Waals surface area contributed by atoms with Gasteiger partial charge in [-0.2, -0.15) is 0 Å². The Morgan fingerprint density at radius 2 is 1.85 bits per heavy atom. The number of hydrogen-bond acceptors (Lipinski definition) is 5. The highest BCUT2D eigenvalue weighted by atomic mass is 79.9. The molecule has 0 amide bonds. The third kappa shape index (κ3) is 5.22. The van der Waals surface area contributed by atoms with E-state index in [1.165, 1.54) is 0 Å². The fraction of sp³-hybridized carbons (Fsp3) is 0.480. The van der Waals surface area contributed by atoms with Crippen LogP contribution < -0.4 is 4.90 Å². The van der Waals surface area contributed by atoms with Gasteiger partial charge in [0.15, 0.2) is 0 Å². The maximum absolute atomic E-state index is 10.9. The van der Waals surface area contributed by atoms with E-state index in [2.05, 4.69) is 37.9 Å². The molecule has 8 heteroatoms. The second-order valence-electron chi connectivity index (χ2n) is 9.19. The van der Waals surface area contributed by atoms with Crippen molar-refractivity contribution in [3.05, 3.63) is 41.0 Å². The number of pyridine rings is 1. The molecule has 0 bridgehead atoms. The number of hydrogen-bond donors (Lipinski definition) is 2. The Morgan fingerprint density at radius 3 is 2.52 bits per heavy atom. The summed E-state index contributed by atoms with van der Waals surface area (Å²) < 4.78 is 7.35. The van der Waals surface area contributed by atoms with Crippen LogP contribution >= 0.6 is 15.9 Å². The molecule has 3 heterocycles. The van der Waals surface area contributed by atoms with Gasteiger partial charge in [0.2, 0.25) is 0 Å². The number of ether oxygens (including phenoxy) is 1. The predicted octanol–water partition coefficient (Wildman–Crippen LogP) is 5.41. The van der Waals surface area contributed by atoms with Crippen molar-refractivity contribution in [1.29, 1.82) is 0 Å². The van der Waals surface area contributed by atoms with Gasteiger partial charge < -0.3 is 19.7 Å². The maximum Gasteiger partial charge on any atom is 0.303 e. The summed E-state index contributed by atoms with van der Waals surface area (Å²) in [5, 5.41) is 8.98. The van der Waals surface area contributed by atoms with Gasteiger partial charge in [-0.3, -0.25) is 4.79 Å². The molecule has 1 aromatic carbocycles. The van der Waals surface area contributed by atoms with Crippen LogP contribution in [-0.2, 0) is 9.53 Å². The molecule has 0 atom stereocenters. The highest BCUT2D eigenvalue weighted by Gasteiger charge is 2.28. The molecule has 2 fully saturated rings. The number of anilines is 1. The van der Waals surface area contributed by atoms with Crippen molar-refractivity contribution in [1.82, 2.24) is 15.0 Å². The molecule has 174 valence electrons. The number of carboxylic acids is 1. The van der Waals surface area contributed by atoms with Crippen molar-refractivity contribution in [2.75, 3.05) is 18.0 Å². The standard InChI is InChI=1S/C25H29BrN4O3/c26-20-2-1-3-21-24(20)29-25(28-21)17-6-9-22(27-15-17)30-12-10-19(11-13-30)33-18-7-4-16(5-8-18)14-23(31)32/h1-3,6,9,15-16,18-19H,4-5,7-8,10-14H2,(H,28,29)(H,31,32). The number of rotatable bonds is 6. The zero-order valence-electron chi connectivity index (χ0n) is 18.5. The number of nitrogens with one attached hydrogen (secondary N) is 1. The lowest BCUT2D eigenvalue weighted by atomic mass is 9.85. The molecule has 2 aliphatic rings. The molecule has 1 saturated carbocycles. The number of halogens is 1. The SMILES string of the molecule is O=C(O)CC1CCC(OC2CCN(c3ccc(-c4nc5c(Br)cccc5[nH]4)cn3)CC2)CC1. The van der Waals surface area contributed by atoms with Gasteiger partial charge in [-0.05, 0) is 84.6 Å². The van der Waals surface area contributed by atoms with Crippen molar-refractivity contribution in [3.63, 3.8) is 0 Å². The molecule has 0 radical (unpaired) electrons. The van der Waals surface area contributed by atoms with Gasteiger partial charge in [-0.25, -0.2) is 9.97 Å². The summed E-state index contributed by atoms with van der Waals surface area (Å²) in [4.78, 5) is 26.0. The van der Waals surface area contributed by atoms with Crippen molar-refractivity contribution in [3.8, 4) is 11.4 Å². The number of H-pyrrole nitrogens is 1. The Balaban J connectivity index is 1.13. The van der Waals surface area contributed by atoms with Crippen LogP contribution in [0.3, 0.4) is 0 Å². The van der Waals surface area contributed by atoms with Crippen LogP contribution in [0.25, 0.3) is 22.4 Å². The minimum Gasteiger partial charge on any atom is -0.481 e. The zero-order chi connectivity index (χ0) is 22.8. The second-order valence-corrected chi connectivity index (χ2v) is 10.0. The first-order chi connectivity index (χ1) is 16.0. The average molecular weight is 513 g/mol. The fourth-order valence-corrected chi connectivity index (χ4v) is 5.51. The quantitative estimate of drug-likeness (QED) is 0.458. The van der Waals surface area contributed by atoms with Crippen LogP contribution in [0.15, 0.2) is 41.0 Å². The molecule has 7 nitrogen and oxygen atoms in total. The van der Waals surface area contributed by atoms with Crippen LogP contribution in [-0.4, -0.2) is 51.3 Å². The number of aromatic amines is 1. The summed E-state index contributed by atoms with van der Waals surface area (Å²) in [6.07, 6.45) is 8.65. The van der Waals surface area contributed by atoms with Crippen LogP contribution in [0.1, 0.15) is 44.9 Å². The molecule has 2 aromatic heterocycles. The van der Waals surface area contributed by atoms with E-state index in [4.69, 9.17) is 19.8 Å². The lowest BCUT2D eigenvalue weighted by Gasteiger charge is -2.36. The third-order valence-electron chi connectivity index (χ3n) is 6.89. The number of aromatic nitrogens is 3. The van der Waals surface area contributed by atoms with Gasteiger partial charge in [0.25, 0.3) is 0 Å². The molecule has 0 spiro atoms. The van der Waals surface area contributed by atoms with E-state index in [1.807, 2.05) is 24.4 Å². The number of carboxylic acid groups (broad SMARTS) is 1. The van der Waals surface area contributed by atoms with Crippen molar-refractivity contribution in [2.24, 2.45) is 5.92 Å². The van der Waals surface area contributed by atoms with Crippen LogP contribution in [0.2, 0.25) is 0 Å². The minimum atomic E-state index is -0.681. The molecule has 5 rings (SSSR count). The van der Waals surface area contributed by atoms with E-state index in [-0.39, 0.29) is 12.2 Å². The summed E-state index contributed by atoms with van der Waals surface area (Å²) in [5.41, 5.74) is 2.90. The van der Waals surface area contributed by atoms with E-state index in [0.717, 1.165) is 84.3 Å². The Labute approximate surface area is 201 Å². The number of imidazole rings is 1. The van der Waals surface area contributed by atoms with Crippen LogP contribution in [0.5, 0.6) is 0 Å². The van der Waals surface area contributed by atoms with Gasteiger partial charge in [-0.1, -0.05) is 6.07 Å². The summed E-state index contributed by atoms with van der Waals surface area (Å²) in [5.74, 6) is 1.45. The Hall–Kier alpha value is -2.45. The summed E-state index contributed by atoms with van der Waals surface area (Å²) in [6.45, 7) is 1.87. The first-order valence-electron chi connectivity index (χ1n) is 11.8. The van der Waals surface area contributed by atoms with Crippen LogP contribution in [0, 0.1) is 5.92 Å². The van der Waals surface area contributed by atoms with E-state index >= 15 is 0 Å². The molecule has 3 aromatic rings. The molecule has 33 heavy (non-hydrogen) atoms. The molecule has 1 aliphatic carbocycles. The summed E-state index contributed by atoms with van der Waals surface area (Å²) in [7, 11) is 0. The van der Waals surface area contributed by atoms with Crippen molar-refractivity contribution in [2.45, 2.75) is 57.2 Å². The normalized spacial score (nSPS) is 22.0. The minimum absolute atomic E-state index is 0.285. The van der Waals surface area contributed by atoms with Crippen LogP contribution in [0.4, 0.5) is 5.82 Å². The number of benzene rings is 1. The zero-order valence-corrected chi connectivity index (χ0v) is 20.1. The van der Waals surface area contributed by atoms with E-state index in [1.54, 1.807) is 0 Å². The molecule has 1 saturated heterocycles. The highest BCUT2D eigenvalue weighted by molar-refractivity contribution is 9.10.